The number of ether oxygens (including phenoxy) is 1. The molecule has 1 saturated carbocycles. The molecule has 0 aliphatic heterocycles. The van der Waals surface area contributed by atoms with Crippen LogP contribution in [-0.4, -0.2) is 38.0 Å². The van der Waals surface area contributed by atoms with E-state index in [1.54, 1.807) is 0 Å². The third-order valence-corrected chi connectivity index (χ3v) is 14.1. The fraction of sp³-hybridized carbons (Fsp3) is 0.710. The van der Waals surface area contributed by atoms with E-state index in [0.717, 1.165) is 50.3 Å². The number of allylic oxidation sites excluding steroid dienone is 2. The Morgan fingerprint density at radius 1 is 1.16 bits per heavy atom. The minimum Gasteiger partial charge on any atom is -0.462 e. The van der Waals surface area contributed by atoms with Crippen molar-refractivity contribution in [1.29, 1.82) is 0 Å². The van der Waals surface area contributed by atoms with Crippen LogP contribution in [0.25, 0.3) is 0 Å². The van der Waals surface area contributed by atoms with E-state index in [4.69, 9.17) is 9.16 Å². The van der Waals surface area contributed by atoms with Crippen LogP contribution in [0.3, 0.4) is 0 Å². The van der Waals surface area contributed by atoms with E-state index in [1.807, 2.05) is 0 Å². The second kappa shape index (κ2) is 13.4. The van der Waals surface area contributed by atoms with E-state index in [-0.39, 0.29) is 35.1 Å². The molecule has 1 fully saturated rings. The lowest BCUT2D eigenvalue weighted by Gasteiger charge is -2.41. The number of benzene rings is 1. The Morgan fingerprint density at radius 2 is 1.81 bits per heavy atom. The first-order valence-corrected chi connectivity index (χ1v) is 18.2. The molecule has 0 bridgehead atoms. The quantitative estimate of drug-likeness (QED) is 0.0798. The number of carbonyl (C=O) groups excluding carboxylic acids is 1. The molecule has 0 heterocycles. The summed E-state index contributed by atoms with van der Waals surface area (Å²) in [4.78, 5) is 11.8. The molecule has 0 aromatic heterocycles. The third kappa shape index (κ3) is 8.25. The van der Waals surface area contributed by atoms with Crippen molar-refractivity contribution in [3.05, 3.63) is 47.5 Å². The van der Waals surface area contributed by atoms with Gasteiger partial charge in [-0.1, -0.05) is 73.1 Å². The van der Waals surface area contributed by atoms with Crippen LogP contribution in [-0.2, 0) is 26.8 Å². The average molecular weight is 596 g/mol. The van der Waals surface area contributed by atoms with Crippen molar-refractivity contribution in [2.45, 2.75) is 116 Å². The van der Waals surface area contributed by atoms with Crippen LogP contribution in [0.4, 0.5) is 4.39 Å². The van der Waals surface area contributed by atoms with Gasteiger partial charge in [-0.25, -0.2) is 4.39 Å². The van der Waals surface area contributed by atoms with E-state index in [2.05, 4.69) is 86.2 Å². The van der Waals surface area contributed by atoms with Crippen molar-refractivity contribution >= 4 is 30.2 Å². The van der Waals surface area contributed by atoms with Gasteiger partial charge in [0.25, 0.3) is 0 Å². The van der Waals surface area contributed by atoms with Gasteiger partial charge in [0, 0.05) is 30.7 Å². The molecular weight excluding hydrogens is 547 g/mol. The molecule has 3 nitrogen and oxygen atoms in total. The first-order valence-electron chi connectivity index (χ1n) is 14.2. The number of rotatable bonds is 12. The van der Waals surface area contributed by atoms with E-state index in [1.165, 1.54) is 18.1 Å². The van der Waals surface area contributed by atoms with Crippen LogP contribution < -0.4 is 0 Å². The lowest BCUT2D eigenvalue weighted by molar-refractivity contribution is -0.148. The van der Waals surface area contributed by atoms with E-state index in [9.17, 15) is 4.79 Å². The molecule has 2 aliphatic carbocycles. The standard InChI is InChI=1S/C31H48BrFO3Si/c1-22(34)35-30-21-28(33)26(27(30)15-9-7-8-12-18-32)16-17-29(36-37(5,6)31(2,3)4)25-19-23-13-10-11-14-24(23)20-25/h7,9-11,13-14,25-30H,8,12,15-21H2,1-6H3/b9-7-/t26?,27-,28+,29-,30+/m1/s1. The molecule has 0 radical (unpaired) electrons. The highest BCUT2D eigenvalue weighted by molar-refractivity contribution is 9.09. The van der Waals surface area contributed by atoms with Crippen LogP contribution in [0.5, 0.6) is 0 Å². The minimum atomic E-state index is -2.00. The van der Waals surface area contributed by atoms with Gasteiger partial charge >= 0.3 is 5.97 Å². The van der Waals surface area contributed by atoms with Gasteiger partial charge in [-0.05, 0) is 86.0 Å². The lowest BCUT2D eigenvalue weighted by atomic mass is 9.84. The summed E-state index contributed by atoms with van der Waals surface area (Å²) in [5.41, 5.74) is 2.86. The van der Waals surface area contributed by atoms with Crippen molar-refractivity contribution in [3.8, 4) is 0 Å². The Balaban J connectivity index is 1.76. The van der Waals surface area contributed by atoms with Gasteiger partial charge in [-0.2, -0.15) is 0 Å². The predicted octanol–water partition coefficient (Wildman–Crippen LogP) is 8.60. The summed E-state index contributed by atoms with van der Waals surface area (Å²) in [6.07, 6.45) is 10.0. The normalized spacial score (nSPS) is 25.5. The molecule has 0 spiro atoms. The number of halogens is 2. The summed E-state index contributed by atoms with van der Waals surface area (Å²) < 4.78 is 28.2. The summed E-state index contributed by atoms with van der Waals surface area (Å²) in [6.45, 7) is 13.0. The summed E-state index contributed by atoms with van der Waals surface area (Å²) in [5, 5.41) is 1.10. The summed E-state index contributed by atoms with van der Waals surface area (Å²) in [7, 11) is -2.00. The predicted molar refractivity (Wildman–Crippen MR) is 157 cm³/mol. The smallest absolute Gasteiger partial charge is 0.302 e. The number of fused-ring (bicyclic) bond motifs is 1. The molecular formula is C31H48BrFO3Si. The molecule has 2 aliphatic rings. The number of unbranched alkanes of at least 4 members (excludes halogenated alkanes) is 1. The zero-order valence-electron chi connectivity index (χ0n) is 23.8. The number of hydrogen-bond acceptors (Lipinski definition) is 3. The largest absolute Gasteiger partial charge is 0.462 e. The van der Waals surface area contributed by atoms with Gasteiger partial charge in [-0.3, -0.25) is 4.79 Å². The molecule has 1 aromatic carbocycles. The van der Waals surface area contributed by atoms with Crippen molar-refractivity contribution in [3.63, 3.8) is 0 Å². The maximum absolute atomic E-state index is 15.5. The van der Waals surface area contributed by atoms with Gasteiger partial charge in [0.15, 0.2) is 8.32 Å². The van der Waals surface area contributed by atoms with E-state index in [0.29, 0.717) is 12.3 Å². The molecule has 37 heavy (non-hydrogen) atoms. The average Bonchev–Trinajstić information content (AvgIpc) is 3.36. The molecule has 208 valence electrons. The molecule has 1 unspecified atom stereocenters. The van der Waals surface area contributed by atoms with Crippen LogP contribution in [0, 0.1) is 17.8 Å². The number of carbonyl (C=O) groups is 1. The number of alkyl halides is 2. The van der Waals surface area contributed by atoms with Gasteiger partial charge in [0.1, 0.15) is 12.3 Å². The van der Waals surface area contributed by atoms with E-state index < -0.39 is 14.5 Å². The molecule has 3 rings (SSSR count). The lowest BCUT2D eigenvalue weighted by Crippen LogP contribution is -2.46. The Kier molecular flexibility index (Phi) is 11.1. The topological polar surface area (TPSA) is 35.5 Å². The van der Waals surface area contributed by atoms with E-state index >= 15 is 4.39 Å². The zero-order valence-corrected chi connectivity index (χ0v) is 26.4. The van der Waals surface area contributed by atoms with Gasteiger partial charge in [0.2, 0.25) is 0 Å². The Bertz CT molecular complexity index is 887. The fourth-order valence-electron chi connectivity index (χ4n) is 5.91. The summed E-state index contributed by atoms with van der Waals surface area (Å²) in [6, 6.07) is 8.74. The van der Waals surface area contributed by atoms with Crippen LogP contribution in [0.2, 0.25) is 18.1 Å². The second-order valence-corrected chi connectivity index (χ2v) is 18.2. The first kappa shape index (κ1) is 30.6. The number of esters is 1. The highest BCUT2D eigenvalue weighted by atomic mass is 79.9. The van der Waals surface area contributed by atoms with Gasteiger partial charge < -0.3 is 9.16 Å². The summed E-state index contributed by atoms with van der Waals surface area (Å²) >= 11 is 3.48. The van der Waals surface area contributed by atoms with Crippen molar-refractivity contribution in [1.82, 2.24) is 0 Å². The maximum Gasteiger partial charge on any atom is 0.302 e. The highest BCUT2D eigenvalue weighted by Gasteiger charge is 2.46. The SMILES string of the molecule is CC(=O)O[C@H]1C[C@H](F)C(CC[C@@H](O[Si](C)(C)C(C)(C)C)C2Cc3ccccc3C2)[C@H]1C/C=C\CCCBr. The van der Waals surface area contributed by atoms with Crippen LogP contribution in [0.1, 0.15) is 77.3 Å². The molecule has 0 N–H and O–H groups in total. The summed E-state index contributed by atoms with van der Waals surface area (Å²) in [5.74, 6) is 0.0275. The Labute approximate surface area is 234 Å². The fourth-order valence-corrected chi connectivity index (χ4v) is 7.65. The third-order valence-electron chi connectivity index (χ3n) is 8.99. The van der Waals surface area contributed by atoms with Gasteiger partial charge in [0.05, 0.1) is 0 Å². The van der Waals surface area contributed by atoms with Gasteiger partial charge in [-0.15, -0.1) is 0 Å². The second-order valence-electron chi connectivity index (χ2n) is 12.7. The highest BCUT2D eigenvalue weighted by Crippen LogP contribution is 2.45. The Morgan fingerprint density at radius 3 is 2.38 bits per heavy atom. The molecule has 1 aromatic rings. The monoisotopic (exact) mass is 594 g/mol. The van der Waals surface area contributed by atoms with Crippen LogP contribution in [0.15, 0.2) is 36.4 Å². The zero-order chi connectivity index (χ0) is 27.2. The number of hydrogen-bond donors (Lipinski definition) is 0. The minimum absolute atomic E-state index is 0.0217. The molecule has 0 amide bonds. The van der Waals surface area contributed by atoms with Crippen molar-refractivity contribution < 1.29 is 18.3 Å². The van der Waals surface area contributed by atoms with Crippen molar-refractivity contribution in [2.75, 3.05) is 5.33 Å². The first-order chi connectivity index (χ1) is 17.4. The Hall–Kier alpha value is -0.983. The molecule has 0 saturated heterocycles. The molecule has 6 heteroatoms. The maximum atomic E-state index is 15.5. The van der Waals surface area contributed by atoms with Crippen molar-refractivity contribution in [2.24, 2.45) is 17.8 Å². The van der Waals surface area contributed by atoms with Crippen LogP contribution >= 0.6 is 15.9 Å². The molecule has 5 atom stereocenters.